The fourth-order valence-corrected chi connectivity index (χ4v) is 3.09. The van der Waals surface area contributed by atoms with Gasteiger partial charge in [0.2, 0.25) is 5.91 Å². The van der Waals surface area contributed by atoms with Gasteiger partial charge in [0.1, 0.15) is 24.4 Å². The maximum Gasteiger partial charge on any atom is 0.283 e. The van der Waals surface area contributed by atoms with Crippen LogP contribution >= 0.6 is 0 Å². The van der Waals surface area contributed by atoms with Crippen LogP contribution in [-0.4, -0.2) is 37.1 Å². The molecule has 0 aliphatic carbocycles. The van der Waals surface area contributed by atoms with E-state index in [-0.39, 0.29) is 30.1 Å². The van der Waals surface area contributed by atoms with Gasteiger partial charge in [-0.1, -0.05) is 35.5 Å². The van der Waals surface area contributed by atoms with Gasteiger partial charge in [0.25, 0.3) is 5.56 Å². The van der Waals surface area contributed by atoms with E-state index in [2.05, 4.69) is 20.6 Å². The quantitative estimate of drug-likeness (QED) is 0.490. The number of halogens is 1. The lowest BCUT2D eigenvalue weighted by Crippen LogP contribution is -2.28. The number of carbonyl (C=O) groups is 1. The lowest BCUT2D eigenvalue weighted by molar-refractivity contribution is -0.116. The number of ether oxygens (including phenoxy) is 1. The zero-order chi connectivity index (χ0) is 21.8. The Morgan fingerprint density at radius 2 is 1.94 bits per heavy atom. The smallest absolute Gasteiger partial charge is 0.283 e. The molecule has 1 N–H and O–H groups in total. The molecule has 0 aliphatic rings. The highest BCUT2D eigenvalue weighted by Crippen LogP contribution is 2.23. The van der Waals surface area contributed by atoms with Crippen molar-refractivity contribution in [3.63, 3.8) is 0 Å². The topological polar surface area (TPSA) is 104 Å². The molecule has 2 aromatic carbocycles. The molecule has 0 unspecified atom stereocenters. The van der Waals surface area contributed by atoms with E-state index < -0.39 is 11.5 Å². The molecule has 158 valence electrons. The second kappa shape index (κ2) is 8.74. The van der Waals surface area contributed by atoms with Crippen molar-refractivity contribution in [2.75, 3.05) is 11.9 Å². The molecule has 0 bridgehead atoms. The van der Waals surface area contributed by atoms with Crippen LogP contribution in [0.5, 0.6) is 5.75 Å². The number of benzene rings is 2. The zero-order valence-corrected chi connectivity index (χ0v) is 16.7. The van der Waals surface area contributed by atoms with Crippen LogP contribution in [0.25, 0.3) is 11.2 Å². The number of amides is 1. The van der Waals surface area contributed by atoms with Crippen molar-refractivity contribution in [2.24, 2.45) is 0 Å². The summed E-state index contributed by atoms with van der Waals surface area (Å²) in [6.07, 6.45) is 1.25. The van der Waals surface area contributed by atoms with Crippen LogP contribution in [0.4, 0.5) is 10.1 Å². The normalized spacial score (nSPS) is 10.9. The Balaban J connectivity index is 1.54. The first-order valence-corrected chi connectivity index (χ1v) is 9.60. The number of carbonyl (C=O) groups excluding carboxylic acids is 1. The van der Waals surface area contributed by atoms with Crippen LogP contribution < -0.4 is 15.6 Å². The molecule has 2 heterocycles. The minimum absolute atomic E-state index is 0.00126. The highest BCUT2D eigenvalue weighted by Gasteiger charge is 2.15. The number of nitrogens with zero attached hydrogens (tertiary/aromatic N) is 5. The summed E-state index contributed by atoms with van der Waals surface area (Å²) >= 11 is 0. The van der Waals surface area contributed by atoms with Gasteiger partial charge in [0.15, 0.2) is 11.2 Å². The number of rotatable bonds is 7. The monoisotopic (exact) mass is 422 g/mol. The highest BCUT2D eigenvalue weighted by atomic mass is 19.1. The van der Waals surface area contributed by atoms with Crippen molar-refractivity contribution in [3.8, 4) is 5.75 Å². The average Bonchev–Trinajstić information content (AvgIpc) is 3.17. The van der Waals surface area contributed by atoms with E-state index >= 15 is 0 Å². The molecule has 0 saturated heterocycles. The van der Waals surface area contributed by atoms with Gasteiger partial charge in [-0.25, -0.2) is 14.1 Å². The Labute approximate surface area is 176 Å². The molecule has 0 radical (unpaired) electrons. The molecule has 31 heavy (non-hydrogen) atoms. The molecule has 2 aromatic heterocycles. The van der Waals surface area contributed by atoms with E-state index in [9.17, 15) is 14.0 Å². The van der Waals surface area contributed by atoms with E-state index in [4.69, 9.17) is 4.74 Å². The number of para-hydroxylation sites is 2. The molecule has 4 rings (SSSR count). The molecule has 10 heteroatoms. The van der Waals surface area contributed by atoms with Crippen LogP contribution in [-0.2, 0) is 17.9 Å². The summed E-state index contributed by atoms with van der Waals surface area (Å²) in [5, 5.41) is 10.5. The van der Waals surface area contributed by atoms with Gasteiger partial charge in [0, 0.05) is 5.56 Å². The van der Waals surface area contributed by atoms with Gasteiger partial charge in [-0.05, 0) is 25.1 Å². The van der Waals surface area contributed by atoms with Crippen molar-refractivity contribution >= 4 is 22.8 Å². The summed E-state index contributed by atoms with van der Waals surface area (Å²) < 4.78 is 21.9. The fraction of sp³-hybridized carbons (Fsp3) is 0.190. The molecule has 1 amide bonds. The van der Waals surface area contributed by atoms with Gasteiger partial charge in [-0.2, -0.15) is 0 Å². The zero-order valence-electron chi connectivity index (χ0n) is 16.7. The van der Waals surface area contributed by atoms with E-state index in [0.717, 1.165) is 4.57 Å². The predicted molar refractivity (Wildman–Crippen MR) is 111 cm³/mol. The van der Waals surface area contributed by atoms with Crippen LogP contribution in [0.1, 0.15) is 12.5 Å². The number of aromatic nitrogens is 5. The van der Waals surface area contributed by atoms with E-state index in [0.29, 0.717) is 23.6 Å². The Bertz CT molecular complexity index is 1300. The third-order valence-corrected chi connectivity index (χ3v) is 4.54. The van der Waals surface area contributed by atoms with Crippen molar-refractivity contribution in [1.82, 2.24) is 24.5 Å². The van der Waals surface area contributed by atoms with Crippen molar-refractivity contribution < 1.29 is 13.9 Å². The lowest BCUT2D eigenvalue weighted by atomic mass is 10.2. The minimum Gasteiger partial charge on any atom is -0.492 e. The number of hydrogen-bond donors (Lipinski definition) is 1. The van der Waals surface area contributed by atoms with Crippen LogP contribution in [0.15, 0.2) is 59.7 Å². The first-order valence-electron chi connectivity index (χ1n) is 9.60. The third-order valence-electron chi connectivity index (χ3n) is 4.54. The molecular weight excluding hydrogens is 403 g/mol. The second-order valence-electron chi connectivity index (χ2n) is 6.67. The summed E-state index contributed by atoms with van der Waals surface area (Å²) in [6, 6.07) is 13.3. The van der Waals surface area contributed by atoms with Gasteiger partial charge in [-0.3, -0.25) is 14.2 Å². The van der Waals surface area contributed by atoms with Gasteiger partial charge in [0.05, 0.1) is 18.8 Å². The molecule has 0 saturated carbocycles. The van der Waals surface area contributed by atoms with Gasteiger partial charge < -0.3 is 10.1 Å². The Morgan fingerprint density at radius 3 is 2.74 bits per heavy atom. The maximum absolute atomic E-state index is 13.9. The van der Waals surface area contributed by atoms with Crippen molar-refractivity contribution in [3.05, 3.63) is 76.6 Å². The minimum atomic E-state index is -0.516. The SMILES string of the molecule is CCOc1ccccc1NC(=O)Cn1cnc2c(nnn2Cc2ccccc2F)c1=O. The van der Waals surface area contributed by atoms with Gasteiger partial charge in [-0.15, -0.1) is 5.10 Å². The van der Waals surface area contributed by atoms with Crippen molar-refractivity contribution in [2.45, 2.75) is 20.0 Å². The van der Waals surface area contributed by atoms with Crippen molar-refractivity contribution in [1.29, 1.82) is 0 Å². The van der Waals surface area contributed by atoms with Gasteiger partial charge >= 0.3 is 0 Å². The molecular formula is C21H19FN6O3. The standard InChI is InChI=1S/C21H19FN6O3/c1-2-31-17-10-6-5-9-16(17)24-18(29)12-27-13-23-20-19(21(27)30)25-26-28(20)11-14-7-3-4-8-15(14)22/h3-10,13H,2,11-12H2,1H3,(H,24,29). The summed E-state index contributed by atoms with van der Waals surface area (Å²) in [6.45, 7) is 2.12. The Kier molecular flexibility index (Phi) is 5.69. The summed E-state index contributed by atoms with van der Waals surface area (Å²) in [5.41, 5.74) is 0.603. The molecule has 0 fully saturated rings. The van der Waals surface area contributed by atoms with E-state index in [1.807, 2.05) is 6.92 Å². The first kappa shape index (κ1) is 20.2. The molecule has 4 aromatic rings. The predicted octanol–water partition coefficient (Wildman–Crippen LogP) is 2.21. The van der Waals surface area contributed by atoms with E-state index in [1.54, 1.807) is 42.5 Å². The summed E-state index contributed by atoms with van der Waals surface area (Å²) in [7, 11) is 0. The maximum atomic E-state index is 13.9. The largest absolute Gasteiger partial charge is 0.492 e. The lowest BCUT2D eigenvalue weighted by Gasteiger charge is -2.11. The Hall–Kier alpha value is -4.08. The molecule has 0 spiro atoms. The average molecular weight is 422 g/mol. The van der Waals surface area contributed by atoms with E-state index in [1.165, 1.54) is 17.1 Å². The molecule has 0 aliphatic heterocycles. The van der Waals surface area contributed by atoms with Crippen LogP contribution in [0.2, 0.25) is 0 Å². The fourth-order valence-electron chi connectivity index (χ4n) is 3.09. The number of anilines is 1. The molecule has 0 atom stereocenters. The van der Waals surface area contributed by atoms with Crippen LogP contribution in [0, 0.1) is 5.82 Å². The Morgan fingerprint density at radius 1 is 1.16 bits per heavy atom. The summed E-state index contributed by atoms with van der Waals surface area (Å²) in [4.78, 5) is 29.4. The molecule has 9 nitrogen and oxygen atoms in total. The third kappa shape index (κ3) is 4.27. The van der Waals surface area contributed by atoms with Crippen LogP contribution in [0.3, 0.4) is 0 Å². The summed E-state index contributed by atoms with van der Waals surface area (Å²) in [5.74, 6) is -0.270. The number of nitrogens with one attached hydrogen (secondary N) is 1. The first-order chi connectivity index (χ1) is 15.1. The number of fused-ring (bicyclic) bond motifs is 1. The second-order valence-corrected chi connectivity index (χ2v) is 6.67. The number of hydrogen-bond acceptors (Lipinski definition) is 6. The highest BCUT2D eigenvalue weighted by molar-refractivity contribution is 5.92.